The lowest BCUT2D eigenvalue weighted by molar-refractivity contribution is -0.160. The Labute approximate surface area is 159 Å². The zero-order chi connectivity index (χ0) is 20.9. The molecule has 0 aliphatic carbocycles. The molecule has 154 valence electrons. The number of carbonyl (C=O) groups is 1. The molecule has 7 heteroatoms. The number of ether oxygens (including phenoxy) is 1. The molecule has 0 aliphatic rings. The van der Waals surface area contributed by atoms with Gasteiger partial charge in [-0.1, -0.05) is 32.9 Å². The number of nitrogens with one attached hydrogen (secondary N) is 2. The molecular formula is C20H31F3N2O2. The maximum atomic E-state index is 12.6. The van der Waals surface area contributed by atoms with Crippen molar-refractivity contribution in [2.24, 2.45) is 5.41 Å². The van der Waals surface area contributed by atoms with Crippen molar-refractivity contribution >= 4 is 5.97 Å². The molecule has 0 aromatic heterocycles. The van der Waals surface area contributed by atoms with E-state index in [9.17, 15) is 18.0 Å². The Morgan fingerprint density at radius 2 is 1.56 bits per heavy atom. The van der Waals surface area contributed by atoms with Crippen molar-refractivity contribution in [1.82, 2.24) is 10.6 Å². The van der Waals surface area contributed by atoms with Gasteiger partial charge in [0, 0.05) is 19.6 Å². The number of hydrogen-bond acceptors (Lipinski definition) is 4. The van der Waals surface area contributed by atoms with Crippen LogP contribution in [0.15, 0.2) is 24.3 Å². The largest absolute Gasteiger partial charge is 0.459 e. The standard InChI is InChI=1S/C20H31F3N2O2/c1-18(2,3)16(17(26)27-19(4,5)6)25-12-11-24-13-14-7-9-15(10-8-14)20(21,22)23/h7-10,16,24-25H,11-13H2,1-6H3/t16-/m1/s1. The van der Waals surface area contributed by atoms with E-state index in [2.05, 4.69) is 10.6 Å². The van der Waals surface area contributed by atoms with E-state index >= 15 is 0 Å². The molecule has 0 fully saturated rings. The third-order valence-corrected chi connectivity index (χ3v) is 3.77. The molecule has 0 unspecified atom stereocenters. The smallest absolute Gasteiger partial charge is 0.416 e. The van der Waals surface area contributed by atoms with Crippen molar-refractivity contribution in [2.45, 2.75) is 65.9 Å². The van der Waals surface area contributed by atoms with Gasteiger partial charge in [0.2, 0.25) is 0 Å². The molecule has 0 saturated heterocycles. The third kappa shape index (κ3) is 8.75. The molecule has 27 heavy (non-hydrogen) atoms. The summed E-state index contributed by atoms with van der Waals surface area (Å²) in [6, 6.07) is 4.62. The summed E-state index contributed by atoms with van der Waals surface area (Å²) in [5.41, 5.74) is -0.750. The van der Waals surface area contributed by atoms with E-state index in [-0.39, 0.29) is 11.4 Å². The summed E-state index contributed by atoms with van der Waals surface area (Å²) in [5.74, 6) is -0.294. The Bertz CT molecular complexity index is 600. The summed E-state index contributed by atoms with van der Waals surface area (Å²) >= 11 is 0. The van der Waals surface area contributed by atoms with E-state index in [1.165, 1.54) is 12.1 Å². The van der Waals surface area contributed by atoms with Gasteiger partial charge in [0.05, 0.1) is 5.56 Å². The van der Waals surface area contributed by atoms with E-state index in [1.54, 1.807) is 0 Å². The number of esters is 1. The Balaban J connectivity index is 2.47. The van der Waals surface area contributed by atoms with Gasteiger partial charge in [-0.15, -0.1) is 0 Å². The molecule has 2 N–H and O–H groups in total. The zero-order valence-corrected chi connectivity index (χ0v) is 17.0. The van der Waals surface area contributed by atoms with Crippen LogP contribution in [0.1, 0.15) is 52.7 Å². The van der Waals surface area contributed by atoms with Gasteiger partial charge in [0.1, 0.15) is 11.6 Å². The molecule has 0 bridgehead atoms. The lowest BCUT2D eigenvalue weighted by Crippen LogP contribution is -2.50. The first-order valence-corrected chi connectivity index (χ1v) is 9.03. The fourth-order valence-corrected chi connectivity index (χ4v) is 2.45. The van der Waals surface area contributed by atoms with Gasteiger partial charge >= 0.3 is 12.1 Å². The topological polar surface area (TPSA) is 50.4 Å². The first-order valence-electron chi connectivity index (χ1n) is 9.03. The predicted molar refractivity (Wildman–Crippen MR) is 100 cm³/mol. The molecule has 0 spiro atoms. The molecule has 0 saturated carbocycles. The van der Waals surface area contributed by atoms with E-state index in [0.717, 1.165) is 17.7 Å². The molecule has 0 amide bonds. The minimum atomic E-state index is -4.32. The van der Waals surface area contributed by atoms with Crippen LogP contribution < -0.4 is 10.6 Å². The Morgan fingerprint density at radius 3 is 2.00 bits per heavy atom. The maximum Gasteiger partial charge on any atom is 0.416 e. The lowest BCUT2D eigenvalue weighted by atomic mass is 9.86. The average molecular weight is 388 g/mol. The minimum absolute atomic E-state index is 0.294. The molecule has 1 aromatic carbocycles. The van der Waals surface area contributed by atoms with Gasteiger partial charge in [-0.3, -0.25) is 4.79 Å². The maximum absolute atomic E-state index is 12.6. The number of carbonyl (C=O) groups excluding carboxylic acids is 1. The van der Waals surface area contributed by atoms with Gasteiger partial charge in [-0.25, -0.2) is 0 Å². The van der Waals surface area contributed by atoms with Crippen LogP contribution in [0.25, 0.3) is 0 Å². The Morgan fingerprint density at radius 1 is 1.00 bits per heavy atom. The van der Waals surface area contributed by atoms with Crippen LogP contribution in [0.5, 0.6) is 0 Å². The van der Waals surface area contributed by atoms with Crippen LogP contribution >= 0.6 is 0 Å². The number of alkyl halides is 3. The van der Waals surface area contributed by atoms with Crippen molar-refractivity contribution in [3.8, 4) is 0 Å². The van der Waals surface area contributed by atoms with Crippen LogP contribution in [-0.2, 0) is 22.3 Å². The van der Waals surface area contributed by atoms with Crippen LogP contribution in [0.2, 0.25) is 0 Å². The van der Waals surface area contributed by atoms with E-state index in [1.807, 2.05) is 41.5 Å². The van der Waals surface area contributed by atoms with Gasteiger partial charge in [-0.05, 0) is 43.9 Å². The number of halogens is 3. The van der Waals surface area contributed by atoms with E-state index < -0.39 is 23.4 Å². The second-order valence-electron chi connectivity index (χ2n) is 8.66. The minimum Gasteiger partial charge on any atom is -0.459 e. The van der Waals surface area contributed by atoms with Crippen LogP contribution in [0.3, 0.4) is 0 Å². The first kappa shape index (κ1) is 23.4. The summed E-state index contributed by atoms with van der Waals surface area (Å²) < 4.78 is 43.1. The van der Waals surface area contributed by atoms with Crippen LogP contribution in [0.4, 0.5) is 13.2 Å². The van der Waals surface area contributed by atoms with Gasteiger partial charge in [0.25, 0.3) is 0 Å². The molecule has 0 radical (unpaired) electrons. The number of benzene rings is 1. The highest BCUT2D eigenvalue weighted by molar-refractivity contribution is 5.77. The summed E-state index contributed by atoms with van der Waals surface area (Å²) in [6.45, 7) is 12.9. The van der Waals surface area contributed by atoms with Crippen molar-refractivity contribution < 1.29 is 22.7 Å². The molecule has 1 aromatic rings. The fraction of sp³-hybridized carbons (Fsp3) is 0.650. The second-order valence-corrected chi connectivity index (χ2v) is 8.66. The molecule has 1 atom stereocenters. The highest BCUT2D eigenvalue weighted by Crippen LogP contribution is 2.29. The van der Waals surface area contributed by atoms with Gasteiger partial charge in [-0.2, -0.15) is 13.2 Å². The van der Waals surface area contributed by atoms with Crippen molar-refractivity contribution in [3.63, 3.8) is 0 Å². The molecular weight excluding hydrogens is 357 g/mol. The quantitative estimate of drug-likeness (QED) is 0.544. The van der Waals surface area contributed by atoms with Crippen LogP contribution in [-0.4, -0.2) is 30.7 Å². The second kappa shape index (κ2) is 9.06. The summed E-state index contributed by atoms with van der Waals surface area (Å²) in [6.07, 6.45) is -4.32. The SMILES string of the molecule is CC(C)(C)OC(=O)[C@@H](NCCNCc1ccc(C(F)(F)F)cc1)C(C)(C)C. The van der Waals surface area contributed by atoms with Crippen molar-refractivity contribution in [3.05, 3.63) is 35.4 Å². The predicted octanol–water partition coefficient (Wildman–Crippen LogP) is 4.14. The number of rotatable bonds is 7. The molecule has 1 rings (SSSR count). The van der Waals surface area contributed by atoms with Gasteiger partial charge < -0.3 is 15.4 Å². The first-order chi connectivity index (χ1) is 12.2. The third-order valence-electron chi connectivity index (χ3n) is 3.77. The van der Waals surface area contributed by atoms with Crippen molar-refractivity contribution in [1.29, 1.82) is 0 Å². The Kier molecular flexibility index (Phi) is 7.87. The molecule has 4 nitrogen and oxygen atoms in total. The summed E-state index contributed by atoms with van der Waals surface area (Å²) in [4.78, 5) is 12.4. The highest BCUT2D eigenvalue weighted by atomic mass is 19.4. The fourth-order valence-electron chi connectivity index (χ4n) is 2.45. The van der Waals surface area contributed by atoms with Gasteiger partial charge in [0.15, 0.2) is 0 Å². The van der Waals surface area contributed by atoms with E-state index in [4.69, 9.17) is 4.74 Å². The van der Waals surface area contributed by atoms with E-state index in [0.29, 0.717) is 19.6 Å². The molecule has 0 heterocycles. The lowest BCUT2D eigenvalue weighted by Gasteiger charge is -2.32. The highest BCUT2D eigenvalue weighted by Gasteiger charge is 2.34. The molecule has 0 aliphatic heterocycles. The average Bonchev–Trinajstić information content (AvgIpc) is 2.47. The van der Waals surface area contributed by atoms with Crippen molar-refractivity contribution in [2.75, 3.05) is 13.1 Å². The normalized spacial score (nSPS) is 14.1. The summed E-state index contributed by atoms with van der Waals surface area (Å²) in [7, 11) is 0. The summed E-state index contributed by atoms with van der Waals surface area (Å²) in [5, 5.41) is 6.37. The Hall–Kier alpha value is -1.60. The number of hydrogen-bond donors (Lipinski definition) is 2. The van der Waals surface area contributed by atoms with Crippen LogP contribution in [0, 0.1) is 5.41 Å². The monoisotopic (exact) mass is 388 g/mol. The zero-order valence-electron chi connectivity index (χ0n) is 17.0.